The van der Waals surface area contributed by atoms with Crippen molar-refractivity contribution in [1.82, 2.24) is 0 Å². The SMILES string of the molecule is COc1ccc(C2(N)CC(O)C2)cc1F. The van der Waals surface area contributed by atoms with Crippen LogP contribution in [0.15, 0.2) is 18.2 Å². The molecule has 0 aliphatic heterocycles. The van der Waals surface area contributed by atoms with Crippen LogP contribution in [0.5, 0.6) is 5.75 Å². The molecule has 1 fully saturated rings. The fourth-order valence-corrected chi connectivity index (χ4v) is 1.99. The first-order chi connectivity index (χ1) is 7.05. The molecular weight excluding hydrogens is 197 g/mol. The molecule has 1 aromatic rings. The summed E-state index contributed by atoms with van der Waals surface area (Å²) in [6.45, 7) is 0. The van der Waals surface area contributed by atoms with Gasteiger partial charge in [-0.1, -0.05) is 6.07 Å². The lowest BCUT2D eigenvalue weighted by molar-refractivity contribution is 0.0208. The zero-order valence-electron chi connectivity index (χ0n) is 8.53. The van der Waals surface area contributed by atoms with E-state index in [0.717, 1.165) is 0 Å². The summed E-state index contributed by atoms with van der Waals surface area (Å²) < 4.78 is 18.2. The monoisotopic (exact) mass is 211 g/mol. The molecule has 0 heterocycles. The first kappa shape index (κ1) is 10.4. The first-order valence-corrected chi connectivity index (χ1v) is 4.86. The van der Waals surface area contributed by atoms with Gasteiger partial charge in [-0.25, -0.2) is 4.39 Å². The summed E-state index contributed by atoms with van der Waals surface area (Å²) in [6, 6.07) is 4.68. The molecule has 1 aliphatic carbocycles. The van der Waals surface area contributed by atoms with E-state index in [9.17, 15) is 9.50 Å². The molecule has 0 atom stereocenters. The van der Waals surface area contributed by atoms with Crippen LogP contribution in [-0.4, -0.2) is 18.3 Å². The van der Waals surface area contributed by atoms with E-state index < -0.39 is 11.4 Å². The molecule has 0 aromatic heterocycles. The zero-order valence-corrected chi connectivity index (χ0v) is 8.53. The van der Waals surface area contributed by atoms with Gasteiger partial charge in [-0.15, -0.1) is 0 Å². The van der Waals surface area contributed by atoms with Gasteiger partial charge < -0.3 is 15.6 Å². The van der Waals surface area contributed by atoms with Crippen molar-refractivity contribution < 1.29 is 14.2 Å². The molecule has 15 heavy (non-hydrogen) atoms. The van der Waals surface area contributed by atoms with Crippen molar-refractivity contribution in [3.8, 4) is 5.75 Å². The lowest BCUT2D eigenvalue weighted by Gasteiger charge is -2.42. The quantitative estimate of drug-likeness (QED) is 0.771. The Kier molecular flexibility index (Phi) is 2.40. The summed E-state index contributed by atoms with van der Waals surface area (Å²) >= 11 is 0. The molecule has 0 saturated heterocycles. The molecule has 2 rings (SSSR count). The Bertz CT molecular complexity index is 375. The van der Waals surface area contributed by atoms with Crippen LogP contribution < -0.4 is 10.5 Å². The molecule has 82 valence electrons. The molecule has 0 radical (unpaired) electrons. The third-order valence-corrected chi connectivity index (χ3v) is 2.93. The second kappa shape index (κ2) is 3.47. The minimum Gasteiger partial charge on any atom is -0.494 e. The Balaban J connectivity index is 2.27. The number of nitrogens with two attached hydrogens (primary N) is 1. The molecule has 3 N–H and O–H groups in total. The topological polar surface area (TPSA) is 55.5 Å². The second-order valence-corrected chi connectivity index (χ2v) is 4.07. The van der Waals surface area contributed by atoms with E-state index >= 15 is 0 Å². The Morgan fingerprint density at radius 3 is 2.67 bits per heavy atom. The van der Waals surface area contributed by atoms with Crippen molar-refractivity contribution >= 4 is 0 Å². The molecule has 0 bridgehead atoms. The lowest BCUT2D eigenvalue weighted by atomic mass is 9.70. The third-order valence-electron chi connectivity index (χ3n) is 2.93. The molecule has 0 unspecified atom stereocenters. The maximum Gasteiger partial charge on any atom is 0.165 e. The highest BCUT2D eigenvalue weighted by Crippen LogP contribution is 2.39. The van der Waals surface area contributed by atoms with Gasteiger partial charge in [-0.2, -0.15) is 0 Å². The zero-order chi connectivity index (χ0) is 11.1. The predicted molar refractivity (Wildman–Crippen MR) is 54.1 cm³/mol. The van der Waals surface area contributed by atoms with E-state index in [1.807, 2.05) is 0 Å². The average molecular weight is 211 g/mol. The standard InChI is InChI=1S/C11H14FNO2/c1-15-10-3-2-7(4-9(10)12)11(13)5-8(14)6-11/h2-4,8,14H,5-6,13H2,1H3. The van der Waals surface area contributed by atoms with Crippen molar-refractivity contribution in [1.29, 1.82) is 0 Å². The summed E-state index contributed by atoms with van der Waals surface area (Å²) in [5.74, 6) is -0.205. The fraction of sp³-hybridized carbons (Fsp3) is 0.455. The van der Waals surface area contributed by atoms with Crippen molar-refractivity contribution in [3.63, 3.8) is 0 Å². The van der Waals surface area contributed by atoms with E-state index in [0.29, 0.717) is 18.4 Å². The van der Waals surface area contributed by atoms with Gasteiger partial charge in [0.05, 0.1) is 13.2 Å². The van der Waals surface area contributed by atoms with Gasteiger partial charge in [0.25, 0.3) is 0 Å². The molecule has 0 amide bonds. The largest absolute Gasteiger partial charge is 0.494 e. The van der Waals surface area contributed by atoms with Crippen molar-refractivity contribution in [2.75, 3.05) is 7.11 Å². The van der Waals surface area contributed by atoms with Crippen LogP contribution in [0.2, 0.25) is 0 Å². The summed E-state index contributed by atoms with van der Waals surface area (Å²) in [4.78, 5) is 0. The Morgan fingerprint density at radius 2 is 2.20 bits per heavy atom. The molecule has 1 aromatic carbocycles. The summed E-state index contributed by atoms with van der Waals surface area (Å²) in [7, 11) is 1.42. The van der Waals surface area contributed by atoms with Gasteiger partial charge >= 0.3 is 0 Å². The molecule has 0 spiro atoms. The average Bonchev–Trinajstić information content (AvgIpc) is 2.15. The van der Waals surface area contributed by atoms with Crippen LogP contribution in [0.1, 0.15) is 18.4 Å². The van der Waals surface area contributed by atoms with Gasteiger partial charge in [-0.3, -0.25) is 0 Å². The number of hydrogen-bond acceptors (Lipinski definition) is 3. The third kappa shape index (κ3) is 1.70. The molecule has 1 saturated carbocycles. The van der Waals surface area contributed by atoms with Crippen LogP contribution >= 0.6 is 0 Å². The smallest absolute Gasteiger partial charge is 0.165 e. The normalized spacial score (nSPS) is 29.7. The van der Waals surface area contributed by atoms with Crippen LogP contribution in [0.3, 0.4) is 0 Å². The van der Waals surface area contributed by atoms with E-state index in [2.05, 4.69) is 0 Å². The van der Waals surface area contributed by atoms with Crippen molar-refractivity contribution in [2.45, 2.75) is 24.5 Å². The minimum atomic E-state index is -0.577. The van der Waals surface area contributed by atoms with Gasteiger partial charge in [0.2, 0.25) is 0 Å². The van der Waals surface area contributed by atoms with E-state index in [4.69, 9.17) is 10.5 Å². The second-order valence-electron chi connectivity index (χ2n) is 4.07. The number of methoxy groups -OCH3 is 1. The molecule has 4 heteroatoms. The highest BCUT2D eigenvalue weighted by Gasteiger charge is 2.41. The van der Waals surface area contributed by atoms with Crippen LogP contribution in [0.4, 0.5) is 4.39 Å². The predicted octanol–water partition coefficient (Wildman–Crippen LogP) is 1.14. The van der Waals surface area contributed by atoms with Gasteiger partial charge in [-0.05, 0) is 30.5 Å². The maximum atomic E-state index is 13.4. The Morgan fingerprint density at radius 1 is 1.53 bits per heavy atom. The maximum absolute atomic E-state index is 13.4. The van der Waals surface area contributed by atoms with Crippen LogP contribution in [0.25, 0.3) is 0 Å². The Labute approximate surface area is 87.7 Å². The van der Waals surface area contributed by atoms with Gasteiger partial charge in [0.15, 0.2) is 11.6 Å². The van der Waals surface area contributed by atoms with Crippen LogP contribution in [-0.2, 0) is 5.54 Å². The van der Waals surface area contributed by atoms with E-state index in [1.54, 1.807) is 12.1 Å². The first-order valence-electron chi connectivity index (χ1n) is 4.86. The summed E-state index contributed by atoms with van der Waals surface area (Å²) in [5, 5.41) is 9.22. The molecule has 1 aliphatic rings. The fourth-order valence-electron chi connectivity index (χ4n) is 1.99. The minimum absolute atomic E-state index is 0.210. The number of ether oxygens (including phenoxy) is 1. The summed E-state index contributed by atoms with van der Waals surface area (Å²) in [6.07, 6.45) is 0.609. The number of hydrogen-bond donors (Lipinski definition) is 2. The van der Waals surface area contributed by atoms with Crippen molar-refractivity contribution in [2.24, 2.45) is 5.73 Å². The number of halogens is 1. The number of rotatable bonds is 2. The number of aliphatic hydroxyl groups excluding tert-OH is 1. The highest BCUT2D eigenvalue weighted by molar-refractivity contribution is 5.35. The van der Waals surface area contributed by atoms with E-state index in [-0.39, 0.29) is 11.9 Å². The van der Waals surface area contributed by atoms with Crippen LogP contribution in [0, 0.1) is 5.82 Å². The van der Waals surface area contributed by atoms with E-state index in [1.165, 1.54) is 13.2 Å². The summed E-state index contributed by atoms with van der Waals surface area (Å²) in [5.41, 5.74) is 6.14. The lowest BCUT2D eigenvalue weighted by Crippen LogP contribution is -2.51. The van der Waals surface area contributed by atoms with Gasteiger partial charge in [0, 0.05) is 5.54 Å². The number of benzene rings is 1. The van der Waals surface area contributed by atoms with Crippen molar-refractivity contribution in [3.05, 3.63) is 29.6 Å². The van der Waals surface area contributed by atoms with Gasteiger partial charge in [0.1, 0.15) is 0 Å². The highest BCUT2D eigenvalue weighted by atomic mass is 19.1. The molecule has 3 nitrogen and oxygen atoms in total. The Hall–Kier alpha value is -1.13. The number of aliphatic hydroxyl groups is 1. The molecular formula is C11H14FNO2.